The monoisotopic (exact) mass is 405 g/mol. The zero-order valence-corrected chi connectivity index (χ0v) is 17.1. The molecule has 4 rings (SSSR count). The Morgan fingerprint density at radius 2 is 1.59 bits per heavy atom. The maximum absolute atomic E-state index is 13.4. The average Bonchev–Trinajstić information content (AvgIpc) is 2.75. The molecule has 29 heavy (non-hydrogen) atoms. The van der Waals surface area contributed by atoms with Gasteiger partial charge in [0.1, 0.15) is 0 Å². The van der Waals surface area contributed by atoms with Crippen molar-refractivity contribution in [1.82, 2.24) is 9.97 Å². The number of anilines is 2. The van der Waals surface area contributed by atoms with Gasteiger partial charge in [0.2, 0.25) is 5.91 Å². The number of nitrogens with one attached hydrogen (secondary N) is 1. The van der Waals surface area contributed by atoms with Gasteiger partial charge in [0, 0.05) is 16.9 Å². The SMILES string of the molecule is C[C@@H](Sc1nc2c(c(=O)[nH]1)CCCC2)C(=O)N(c1ccccc1)c1ccccc1. The van der Waals surface area contributed by atoms with Crippen molar-refractivity contribution in [3.8, 4) is 0 Å². The van der Waals surface area contributed by atoms with E-state index in [4.69, 9.17) is 0 Å². The number of carbonyl (C=O) groups excluding carboxylic acids is 1. The molecular weight excluding hydrogens is 382 g/mol. The molecule has 1 atom stereocenters. The number of hydrogen-bond donors (Lipinski definition) is 1. The molecule has 3 aromatic rings. The van der Waals surface area contributed by atoms with Crippen LogP contribution in [0.15, 0.2) is 70.6 Å². The molecule has 1 amide bonds. The number of fused-ring (bicyclic) bond motifs is 1. The summed E-state index contributed by atoms with van der Waals surface area (Å²) in [7, 11) is 0. The molecule has 0 bridgehead atoms. The van der Waals surface area contributed by atoms with E-state index in [1.807, 2.05) is 67.6 Å². The number of thioether (sulfide) groups is 1. The van der Waals surface area contributed by atoms with Crippen LogP contribution in [-0.2, 0) is 17.6 Å². The lowest BCUT2D eigenvalue weighted by Gasteiger charge is -2.26. The van der Waals surface area contributed by atoms with Crippen molar-refractivity contribution in [2.75, 3.05) is 4.90 Å². The zero-order chi connectivity index (χ0) is 20.2. The first kappa shape index (κ1) is 19.5. The van der Waals surface area contributed by atoms with Gasteiger partial charge in [-0.15, -0.1) is 0 Å². The summed E-state index contributed by atoms with van der Waals surface area (Å²) < 4.78 is 0. The van der Waals surface area contributed by atoms with Crippen LogP contribution in [-0.4, -0.2) is 21.1 Å². The van der Waals surface area contributed by atoms with Crippen molar-refractivity contribution in [2.45, 2.75) is 43.0 Å². The summed E-state index contributed by atoms with van der Waals surface area (Å²) in [6.07, 6.45) is 3.70. The molecule has 0 radical (unpaired) electrons. The predicted molar refractivity (Wildman–Crippen MR) is 117 cm³/mol. The number of amides is 1. The van der Waals surface area contributed by atoms with Crippen molar-refractivity contribution >= 4 is 29.0 Å². The van der Waals surface area contributed by atoms with E-state index in [1.54, 1.807) is 4.90 Å². The van der Waals surface area contributed by atoms with E-state index in [1.165, 1.54) is 11.8 Å². The second-order valence-electron chi connectivity index (χ2n) is 7.11. The Hall–Kier alpha value is -2.86. The van der Waals surface area contributed by atoms with Gasteiger partial charge in [0.15, 0.2) is 5.16 Å². The van der Waals surface area contributed by atoms with E-state index < -0.39 is 5.25 Å². The number of benzene rings is 2. The van der Waals surface area contributed by atoms with Crippen molar-refractivity contribution in [1.29, 1.82) is 0 Å². The first-order valence-corrected chi connectivity index (χ1v) is 10.7. The summed E-state index contributed by atoms with van der Waals surface area (Å²) in [6, 6.07) is 19.2. The van der Waals surface area contributed by atoms with Crippen molar-refractivity contribution < 1.29 is 4.79 Å². The third-order valence-electron chi connectivity index (χ3n) is 5.06. The van der Waals surface area contributed by atoms with E-state index in [0.717, 1.165) is 48.3 Å². The minimum atomic E-state index is -0.416. The minimum Gasteiger partial charge on any atom is -0.301 e. The maximum Gasteiger partial charge on any atom is 0.254 e. The van der Waals surface area contributed by atoms with E-state index in [-0.39, 0.29) is 11.5 Å². The number of rotatable bonds is 5. The summed E-state index contributed by atoms with van der Waals surface area (Å²) in [5, 5.41) is 0.0952. The molecule has 1 aromatic heterocycles. The highest BCUT2D eigenvalue weighted by molar-refractivity contribution is 8.00. The molecular formula is C23H23N3O2S. The molecule has 1 aliphatic carbocycles. The number of hydrogen-bond acceptors (Lipinski definition) is 4. The molecule has 5 nitrogen and oxygen atoms in total. The van der Waals surface area contributed by atoms with Gasteiger partial charge in [-0.1, -0.05) is 48.2 Å². The summed E-state index contributed by atoms with van der Waals surface area (Å²) >= 11 is 1.30. The van der Waals surface area contributed by atoms with Crippen LogP contribution in [0.1, 0.15) is 31.0 Å². The van der Waals surface area contributed by atoms with Gasteiger partial charge < -0.3 is 4.98 Å². The highest BCUT2D eigenvalue weighted by Crippen LogP contribution is 2.30. The Kier molecular flexibility index (Phi) is 5.81. The summed E-state index contributed by atoms with van der Waals surface area (Å²) in [5.74, 6) is -0.0623. The number of aromatic amines is 1. The molecule has 6 heteroatoms. The summed E-state index contributed by atoms with van der Waals surface area (Å²) in [4.78, 5) is 35.0. The van der Waals surface area contributed by atoms with Crippen LogP contribution < -0.4 is 10.5 Å². The van der Waals surface area contributed by atoms with Crippen LogP contribution in [0.3, 0.4) is 0 Å². The van der Waals surface area contributed by atoms with Gasteiger partial charge in [0.05, 0.1) is 10.9 Å². The smallest absolute Gasteiger partial charge is 0.254 e. The fraction of sp³-hybridized carbons (Fsp3) is 0.261. The van der Waals surface area contributed by atoms with E-state index >= 15 is 0 Å². The Labute approximate surface area is 174 Å². The molecule has 148 valence electrons. The molecule has 1 N–H and O–H groups in total. The first-order valence-electron chi connectivity index (χ1n) is 9.86. The van der Waals surface area contributed by atoms with Gasteiger partial charge in [-0.05, 0) is 56.9 Å². The number of aromatic nitrogens is 2. The topological polar surface area (TPSA) is 66.1 Å². The molecule has 0 unspecified atom stereocenters. The van der Waals surface area contributed by atoms with Crippen LogP contribution >= 0.6 is 11.8 Å². The number of para-hydroxylation sites is 2. The van der Waals surface area contributed by atoms with Crippen LogP contribution in [0.5, 0.6) is 0 Å². The lowest BCUT2D eigenvalue weighted by Crippen LogP contribution is -2.33. The van der Waals surface area contributed by atoms with Crippen molar-refractivity contribution in [3.63, 3.8) is 0 Å². The second-order valence-corrected chi connectivity index (χ2v) is 8.44. The largest absolute Gasteiger partial charge is 0.301 e. The molecule has 1 aliphatic rings. The number of nitrogens with zero attached hydrogens (tertiary/aromatic N) is 2. The second kappa shape index (κ2) is 8.66. The van der Waals surface area contributed by atoms with Crippen LogP contribution in [0.2, 0.25) is 0 Å². The fourth-order valence-corrected chi connectivity index (χ4v) is 4.45. The van der Waals surface area contributed by atoms with Gasteiger partial charge in [-0.3, -0.25) is 14.5 Å². The molecule has 0 fully saturated rings. The number of aryl methyl sites for hydroxylation is 1. The fourth-order valence-electron chi connectivity index (χ4n) is 3.59. The predicted octanol–water partition coefficient (Wildman–Crippen LogP) is 4.49. The lowest BCUT2D eigenvalue weighted by molar-refractivity contribution is -0.117. The van der Waals surface area contributed by atoms with Crippen LogP contribution in [0, 0.1) is 0 Å². The van der Waals surface area contributed by atoms with E-state index in [0.29, 0.717) is 5.16 Å². The molecule has 0 saturated carbocycles. The maximum atomic E-state index is 13.4. The average molecular weight is 406 g/mol. The van der Waals surface area contributed by atoms with Crippen LogP contribution in [0.25, 0.3) is 0 Å². The highest BCUT2D eigenvalue weighted by Gasteiger charge is 2.26. The molecule has 2 aromatic carbocycles. The third kappa shape index (κ3) is 4.27. The van der Waals surface area contributed by atoms with Crippen molar-refractivity contribution in [2.24, 2.45) is 0 Å². The Bertz CT molecular complexity index is 1010. The number of H-pyrrole nitrogens is 1. The molecule has 0 aliphatic heterocycles. The van der Waals surface area contributed by atoms with E-state index in [9.17, 15) is 9.59 Å². The quantitative estimate of drug-likeness (QED) is 0.502. The Balaban J connectivity index is 1.61. The zero-order valence-electron chi connectivity index (χ0n) is 16.3. The van der Waals surface area contributed by atoms with Gasteiger partial charge in [-0.25, -0.2) is 4.98 Å². The van der Waals surface area contributed by atoms with Gasteiger partial charge in [-0.2, -0.15) is 0 Å². The van der Waals surface area contributed by atoms with Crippen molar-refractivity contribution in [3.05, 3.63) is 82.3 Å². The van der Waals surface area contributed by atoms with E-state index in [2.05, 4.69) is 9.97 Å². The molecule has 1 heterocycles. The Morgan fingerprint density at radius 3 is 2.21 bits per heavy atom. The number of carbonyl (C=O) groups is 1. The minimum absolute atomic E-state index is 0.0623. The van der Waals surface area contributed by atoms with Gasteiger partial charge >= 0.3 is 0 Å². The van der Waals surface area contributed by atoms with Crippen LogP contribution in [0.4, 0.5) is 11.4 Å². The summed E-state index contributed by atoms with van der Waals surface area (Å²) in [6.45, 7) is 1.85. The Morgan fingerprint density at radius 1 is 1.00 bits per heavy atom. The lowest BCUT2D eigenvalue weighted by atomic mass is 9.97. The normalized spacial score (nSPS) is 14.1. The molecule has 0 saturated heterocycles. The highest BCUT2D eigenvalue weighted by atomic mass is 32.2. The summed E-state index contributed by atoms with van der Waals surface area (Å²) in [5.41, 5.74) is 3.23. The van der Waals surface area contributed by atoms with Gasteiger partial charge in [0.25, 0.3) is 5.56 Å². The third-order valence-corrected chi connectivity index (χ3v) is 6.03. The standard InChI is InChI=1S/C23H23N3O2S/c1-16(29-23-24-20-15-9-8-14-19(20)21(27)25-23)22(28)26(17-10-4-2-5-11-17)18-12-6-3-7-13-18/h2-7,10-13,16H,8-9,14-15H2,1H3,(H,24,25,27)/t16-/m1/s1. The molecule has 0 spiro atoms. The first-order chi connectivity index (χ1) is 14.1.